The first-order valence-electron chi connectivity index (χ1n) is 3.34. The number of pyridine rings is 1. The molecule has 1 aromatic heterocycles. The Hall–Kier alpha value is -0.810. The highest BCUT2D eigenvalue weighted by atomic mass is 79.9. The Balaban J connectivity index is 3.21. The van der Waals surface area contributed by atoms with Gasteiger partial charge in [-0.15, -0.1) is 0 Å². The fraction of sp³-hybridized carbons (Fsp3) is 0.143. The first-order chi connectivity index (χ1) is 6.00. The molecule has 2 N–H and O–H groups in total. The minimum absolute atomic E-state index is 0.169. The van der Waals surface area contributed by atoms with Crippen molar-refractivity contribution >= 4 is 33.4 Å². The molecule has 0 aliphatic rings. The summed E-state index contributed by atoms with van der Waals surface area (Å²) < 4.78 is 1.45. The lowest BCUT2D eigenvalue weighted by Crippen LogP contribution is -2.27. The van der Waals surface area contributed by atoms with E-state index in [-0.39, 0.29) is 12.1 Å². The van der Waals surface area contributed by atoms with Gasteiger partial charge in [0.25, 0.3) is 5.56 Å². The van der Waals surface area contributed by atoms with Crippen LogP contribution in [0.15, 0.2) is 21.5 Å². The van der Waals surface area contributed by atoms with Crippen LogP contribution in [0.1, 0.15) is 0 Å². The van der Waals surface area contributed by atoms with Crippen molar-refractivity contribution in [2.24, 2.45) is 5.73 Å². The zero-order valence-electron chi connectivity index (χ0n) is 6.46. The highest BCUT2D eigenvalue weighted by molar-refractivity contribution is 9.10. The number of hydrogen-bond donors (Lipinski definition) is 1. The number of amides is 1. The molecular formula is C7H6BrClN2O2. The molecule has 13 heavy (non-hydrogen) atoms. The molecule has 4 nitrogen and oxygen atoms in total. The van der Waals surface area contributed by atoms with Crippen molar-refractivity contribution in [2.75, 3.05) is 0 Å². The molecule has 1 heterocycles. The van der Waals surface area contributed by atoms with Crippen LogP contribution in [0.5, 0.6) is 0 Å². The Morgan fingerprint density at radius 2 is 2.31 bits per heavy atom. The van der Waals surface area contributed by atoms with Crippen LogP contribution < -0.4 is 11.3 Å². The standard InChI is InChI=1S/C7H6BrClN2O2/c8-5-1-4(9)2-11(7(5)13)3-6(10)12/h1-2H,3H2,(H2,10,12). The van der Waals surface area contributed by atoms with Gasteiger partial charge in [-0.3, -0.25) is 9.59 Å². The van der Waals surface area contributed by atoms with E-state index in [1.807, 2.05) is 0 Å². The molecule has 0 aromatic carbocycles. The average molecular weight is 265 g/mol. The number of nitrogens with two attached hydrogens (primary N) is 1. The lowest BCUT2D eigenvalue weighted by Gasteiger charge is -2.03. The van der Waals surface area contributed by atoms with Gasteiger partial charge in [0.1, 0.15) is 6.54 Å². The summed E-state index contributed by atoms with van der Waals surface area (Å²) in [4.78, 5) is 21.9. The van der Waals surface area contributed by atoms with Crippen LogP contribution in [0.3, 0.4) is 0 Å². The van der Waals surface area contributed by atoms with Gasteiger partial charge in [0, 0.05) is 6.20 Å². The van der Waals surface area contributed by atoms with Crippen molar-refractivity contribution in [3.63, 3.8) is 0 Å². The molecule has 1 rings (SSSR count). The van der Waals surface area contributed by atoms with Gasteiger partial charge >= 0.3 is 0 Å². The largest absolute Gasteiger partial charge is 0.368 e. The molecule has 0 spiro atoms. The number of hydrogen-bond acceptors (Lipinski definition) is 2. The molecule has 0 saturated carbocycles. The maximum atomic E-state index is 11.3. The molecule has 6 heteroatoms. The summed E-state index contributed by atoms with van der Waals surface area (Å²) in [6.07, 6.45) is 1.36. The maximum Gasteiger partial charge on any atom is 0.265 e. The Morgan fingerprint density at radius 1 is 1.69 bits per heavy atom. The number of aromatic nitrogens is 1. The Labute approximate surface area is 87.4 Å². The van der Waals surface area contributed by atoms with Crippen molar-refractivity contribution in [3.8, 4) is 0 Å². The third kappa shape index (κ3) is 2.57. The summed E-state index contributed by atoms with van der Waals surface area (Å²) in [6, 6.07) is 1.46. The number of primary amides is 1. The minimum atomic E-state index is -0.587. The molecule has 1 aromatic rings. The summed E-state index contributed by atoms with van der Waals surface area (Å²) in [5.41, 5.74) is 4.61. The van der Waals surface area contributed by atoms with Crippen LogP contribution in [-0.4, -0.2) is 10.5 Å². The molecule has 0 bridgehead atoms. The number of halogens is 2. The van der Waals surface area contributed by atoms with Crippen molar-refractivity contribution in [1.29, 1.82) is 0 Å². The molecule has 0 atom stereocenters. The quantitative estimate of drug-likeness (QED) is 0.857. The van der Waals surface area contributed by atoms with Crippen LogP contribution in [0, 0.1) is 0 Å². The number of rotatable bonds is 2. The molecule has 0 radical (unpaired) electrons. The second-order valence-electron chi connectivity index (χ2n) is 2.41. The van der Waals surface area contributed by atoms with E-state index in [2.05, 4.69) is 15.9 Å². The fourth-order valence-corrected chi connectivity index (χ4v) is 1.68. The maximum absolute atomic E-state index is 11.3. The number of carbonyl (C=O) groups is 1. The van der Waals surface area contributed by atoms with Crippen LogP contribution in [0.4, 0.5) is 0 Å². The second kappa shape index (κ2) is 3.93. The summed E-state index contributed by atoms with van der Waals surface area (Å²) >= 11 is 8.68. The second-order valence-corrected chi connectivity index (χ2v) is 3.70. The third-order valence-corrected chi connectivity index (χ3v) is 2.11. The van der Waals surface area contributed by atoms with E-state index < -0.39 is 5.91 Å². The Morgan fingerprint density at radius 3 is 2.85 bits per heavy atom. The average Bonchev–Trinajstić information content (AvgIpc) is 1.98. The van der Waals surface area contributed by atoms with E-state index in [0.717, 1.165) is 4.57 Å². The van der Waals surface area contributed by atoms with Crippen molar-refractivity contribution in [3.05, 3.63) is 32.1 Å². The topological polar surface area (TPSA) is 65.1 Å². The summed E-state index contributed by atoms with van der Waals surface area (Å²) in [5.74, 6) is -0.587. The van der Waals surface area contributed by atoms with E-state index in [1.165, 1.54) is 12.3 Å². The van der Waals surface area contributed by atoms with E-state index >= 15 is 0 Å². The van der Waals surface area contributed by atoms with E-state index in [9.17, 15) is 9.59 Å². The van der Waals surface area contributed by atoms with Crippen molar-refractivity contribution < 1.29 is 4.79 Å². The van der Waals surface area contributed by atoms with E-state index in [1.54, 1.807) is 0 Å². The molecule has 0 aliphatic heterocycles. The predicted octanol–water partition coefficient (Wildman–Crippen LogP) is 0.749. The number of carbonyl (C=O) groups excluding carboxylic acids is 1. The van der Waals surface area contributed by atoms with Gasteiger partial charge in [0.15, 0.2) is 0 Å². The smallest absolute Gasteiger partial charge is 0.265 e. The predicted molar refractivity (Wildman–Crippen MR) is 52.6 cm³/mol. The molecule has 1 amide bonds. The lowest BCUT2D eigenvalue weighted by atomic mass is 10.4. The van der Waals surface area contributed by atoms with Crippen molar-refractivity contribution in [1.82, 2.24) is 4.57 Å². The number of nitrogens with zero attached hydrogens (tertiary/aromatic N) is 1. The van der Waals surface area contributed by atoms with Gasteiger partial charge in [-0.05, 0) is 22.0 Å². The minimum Gasteiger partial charge on any atom is -0.368 e. The van der Waals surface area contributed by atoms with Gasteiger partial charge in [-0.1, -0.05) is 11.6 Å². The monoisotopic (exact) mass is 264 g/mol. The summed E-state index contributed by atoms with van der Waals surface area (Å²) in [6.45, 7) is -0.169. The fourth-order valence-electron chi connectivity index (χ4n) is 0.850. The molecule has 70 valence electrons. The summed E-state index contributed by atoms with van der Waals surface area (Å²) in [5, 5.41) is 0.368. The summed E-state index contributed by atoms with van der Waals surface area (Å²) in [7, 11) is 0. The van der Waals surface area contributed by atoms with Crippen LogP contribution in [0.2, 0.25) is 5.02 Å². The lowest BCUT2D eigenvalue weighted by molar-refractivity contribution is -0.118. The SMILES string of the molecule is NC(=O)Cn1cc(Cl)cc(Br)c1=O. The Bertz CT molecular complexity index is 402. The first kappa shape index (κ1) is 10.3. The van der Waals surface area contributed by atoms with Crippen LogP contribution in [-0.2, 0) is 11.3 Å². The molecule has 0 aliphatic carbocycles. The van der Waals surface area contributed by atoms with Gasteiger partial charge in [-0.25, -0.2) is 0 Å². The zero-order chi connectivity index (χ0) is 10.0. The molecule has 0 saturated heterocycles. The van der Waals surface area contributed by atoms with E-state index in [4.69, 9.17) is 17.3 Å². The highest BCUT2D eigenvalue weighted by Crippen LogP contribution is 2.11. The first-order valence-corrected chi connectivity index (χ1v) is 4.51. The van der Waals surface area contributed by atoms with Crippen molar-refractivity contribution in [2.45, 2.75) is 6.54 Å². The van der Waals surface area contributed by atoms with Crippen LogP contribution in [0.25, 0.3) is 0 Å². The normalized spacial score (nSPS) is 10.0. The molecular weight excluding hydrogens is 259 g/mol. The van der Waals surface area contributed by atoms with Crippen LogP contribution >= 0.6 is 27.5 Å². The third-order valence-electron chi connectivity index (χ3n) is 1.34. The molecule has 0 unspecified atom stereocenters. The molecule has 0 fully saturated rings. The highest BCUT2D eigenvalue weighted by Gasteiger charge is 2.04. The van der Waals surface area contributed by atoms with Gasteiger partial charge in [-0.2, -0.15) is 0 Å². The Kier molecular flexibility index (Phi) is 3.11. The van der Waals surface area contributed by atoms with Gasteiger partial charge in [0.2, 0.25) is 5.91 Å². The van der Waals surface area contributed by atoms with Gasteiger partial charge < -0.3 is 10.3 Å². The van der Waals surface area contributed by atoms with Gasteiger partial charge in [0.05, 0.1) is 9.50 Å². The van der Waals surface area contributed by atoms with E-state index in [0.29, 0.717) is 9.50 Å². The zero-order valence-corrected chi connectivity index (χ0v) is 8.80.